The number of rotatable bonds is 11. The van der Waals surface area contributed by atoms with Crippen molar-refractivity contribution in [3.05, 3.63) is 128 Å². The Morgan fingerprint density at radius 3 is 1.13 bits per heavy atom. The third-order valence-electron chi connectivity index (χ3n) is 12.6. The van der Waals surface area contributed by atoms with Crippen molar-refractivity contribution in [1.29, 1.82) is 0 Å². The van der Waals surface area contributed by atoms with Crippen LogP contribution in [0.2, 0.25) is 13.1 Å². The van der Waals surface area contributed by atoms with Crippen LogP contribution in [0.4, 0.5) is 0 Å². The SMILES string of the molecule is CCC1=Cc2c(-c3cc(C(C)C)cc(C(C)C)c3)cccc2[CH]1[Zr]([Cl])([Cl])([CH]1C(CC)=Cc2c(-c3cc(C(C)C)cc(C(C)C)c3)cccc21)[SiH](C)C. The zero-order chi connectivity index (χ0) is 37.9. The van der Waals surface area contributed by atoms with E-state index in [1.807, 2.05) is 0 Å². The molecule has 2 aliphatic rings. The van der Waals surface area contributed by atoms with Crippen LogP contribution in [0.5, 0.6) is 0 Å². The number of hydrogen-bond acceptors (Lipinski definition) is 0. The molecule has 275 valence electrons. The Morgan fingerprint density at radius 1 is 0.538 bits per heavy atom. The van der Waals surface area contributed by atoms with Gasteiger partial charge in [-0.05, 0) is 0 Å². The fraction of sp³-hybridized carbons (Fsp3) is 0.417. The van der Waals surface area contributed by atoms with E-state index in [0.29, 0.717) is 23.7 Å². The average molecular weight is 828 g/mol. The standard InChI is InChI=1S/2C23H27.C2H7Si.2ClH.Zr/c2*1-6-17-10-18-8-7-9-22(23(18)11-17)21-13-19(15(2)3)12-20(14-21)16(4)5;1-3-2;;;/h2*7-16H,6H2,1-5H3;3H,1-2H3;2*1H;/q;;;;;+2/p-2. The molecule has 6 rings (SSSR count). The summed E-state index contributed by atoms with van der Waals surface area (Å²) in [4.78, 5) is 0. The van der Waals surface area contributed by atoms with Crippen LogP contribution < -0.4 is 0 Å². The summed E-state index contributed by atoms with van der Waals surface area (Å²) in [7, 11) is 17.5. The molecule has 0 nitrogen and oxygen atoms in total. The van der Waals surface area contributed by atoms with Gasteiger partial charge in [0.1, 0.15) is 0 Å². The van der Waals surface area contributed by atoms with E-state index in [0.717, 1.165) is 12.8 Å². The molecule has 2 atom stereocenters. The van der Waals surface area contributed by atoms with Crippen molar-refractivity contribution in [1.82, 2.24) is 0 Å². The van der Waals surface area contributed by atoms with Crippen molar-refractivity contribution >= 4 is 35.1 Å². The molecule has 52 heavy (non-hydrogen) atoms. The van der Waals surface area contributed by atoms with Crippen LogP contribution in [0.1, 0.15) is 158 Å². The Labute approximate surface area is 324 Å². The summed E-state index contributed by atoms with van der Waals surface area (Å²) in [6.07, 6.45) is 6.93. The minimum atomic E-state index is -4.86. The Hall–Kier alpha value is -1.96. The second-order valence-corrected chi connectivity index (χ2v) is 59.9. The van der Waals surface area contributed by atoms with Gasteiger partial charge in [-0.2, -0.15) is 0 Å². The number of allylic oxidation sites excluding steroid dienone is 2. The van der Waals surface area contributed by atoms with Crippen LogP contribution in [-0.2, 0) is 15.6 Å². The summed E-state index contributed by atoms with van der Waals surface area (Å²) in [6, 6.07) is 28.5. The van der Waals surface area contributed by atoms with E-state index in [9.17, 15) is 0 Å². The van der Waals surface area contributed by atoms with E-state index >= 15 is 0 Å². The van der Waals surface area contributed by atoms with Crippen LogP contribution in [0.3, 0.4) is 0 Å². The molecule has 0 saturated carbocycles. The molecule has 2 aliphatic carbocycles. The van der Waals surface area contributed by atoms with Gasteiger partial charge in [0.15, 0.2) is 0 Å². The molecular formula is C48H61Cl2SiZr. The van der Waals surface area contributed by atoms with Gasteiger partial charge in [0, 0.05) is 0 Å². The fourth-order valence-electron chi connectivity index (χ4n) is 9.18. The number of hydrogen-bond donors (Lipinski definition) is 0. The van der Waals surface area contributed by atoms with Gasteiger partial charge in [-0.1, -0.05) is 0 Å². The van der Waals surface area contributed by atoms with Crippen molar-refractivity contribution in [2.24, 2.45) is 0 Å². The summed E-state index contributed by atoms with van der Waals surface area (Å²) >= 11 is -4.86. The van der Waals surface area contributed by atoms with Crippen LogP contribution in [-0.4, -0.2) is 5.92 Å². The van der Waals surface area contributed by atoms with Crippen LogP contribution >= 0.6 is 17.0 Å². The summed E-state index contributed by atoms with van der Waals surface area (Å²) < 4.78 is 0.196. The maximum atomic E-state index is 8.76. The Kier molecular flexibility index (Phi) is 11.4. The molecule has 4 heteroatoms. The van der Waals surface area contributed by atoms with Gasteiger partial charge in [-0.15, -0.1) is 0 Å². The first kappa shape index (κ1) is 39.7. The minimum absolute atomic E-state index is 0.0978. The first-order valence-electron chi connectivity index (χ1n) is 20.1. The molecule has 0 amide bonds. The van der Waals surface area contributed by atoms with Crippen molar-refractivity contribution in [2.45, 2.75) is 126 Å². The van der Waals surface area contributed by atoms with Gasteiger partial charge >= 0.3 is 327 Å². The topological polar surface area (TPSA) is 0 Å². The average Bonchev–Trinajstić information content (AvgIpc) is 3.71. The van der Waals surface area contributed by atoms with E-state index < -0.39 is 21.5 Å². The van der Waals surface area contributed by atoms with Crippen LogP contribution in [0, 0.1) is 0 Å². The second kappa shape index (κ2) is 14.9. The van der Waals surface area contributed by atoms with Crippen molar-refractivity contribution in [3.63, 3.8) is 0 Å². The molecule has 0 aliphatic heterocycles. The van der Waals surface area contributed by atoms with E-state index in [2.05, 4.69) is 167 Å². The van der Waals surface area contributed by atoms with Gasteiger partial charge in [0.25, 0.3) is 0 Å². The molecule has 0 N–H and O–H groups in total. The molecule has 0 fully saturated rings. The van der Waals surface area contributed by atoms with Gasteiger partial charge < -0.3 is 0 Å². The van der Waals surface area contributed by atoms with E-state index in [4.69, 9.17) is 17.0 Å². The third kappa shape index (κ3) is 6.69. The summed E-state index contributed by atoms with van der Waals surface area (Å²) in [6.45, 7) is 28.0. The first-order chi connectivity index (χ1) is 24.5. The van der Waals surface area contributed by atoms with Gasteiger partial charge in [-0.25, -0.2) is 0 Å². The van der Waals surface area contributed by atoms with E-state index in [-0.39, 0.29) is 7.25 Å². The summed E-state index contributed by atoms with van der Waals surface area (Å²) in [5.74, 6) is 0.200. The second-order valence-electron chi connectivity index (χ2n) is 17.4. The van der Waals surface area contributed by atoms with Crippen molar-refractivity contribution in [2.75, 3.05) is 0 Å². The van der Waals surface area contributed by atoms with Crippen molar-refractivity contribution < 1.29 is 15.6 Å². The van der Waals surface area contributed by atoms with E-state index in [1.54, 1.807) is 0 Å². The molecule has 0 spiro atoms. The number of halogens is 2. The molecule has 0 bridgehead atoms. The molecule has 0 aromatic heterocycles. The van der Waals surface area contributed by atoms with Gasteiger partial charge in [0.2, 0.25) is 0 Å². The van der Waals surface area contributed by atoms with E-state index in [1.165, 1.54) is 77.9 Å². The Balaban J connectivity index is 1.57. The quantitative estimate of drug-likeness (QED) is 0.132. The molecular weight excluding hydrogens is 767 g/mol. The molecule has 0 saturated heterocycles. The van der Waals surface area contributed by atoms with Crippen molar-refractivity contribution in [3.8, 4) is 22.3 Å². The number of benzene rings is 4. The molecule has 4 aromatic rings. The first-order valence-corrected chi connectivity index (χ1v) is 36.4. The van der Waals surface area contributed by atoms with Gasteiger partial charge in [-0.3, -0.25) is 0 Å². The van der Waals surface area contributed by atoms with Gasteiger partial charge in [0.05, 0.1) is 0 Å². The predicted octanol–water partition coefficient (Wildman–Crippen LogP) is 15.9. The zero-order valence-electron chi connectivity index (χ0n) is 33.8. The Bertz CT molecular complexity index is 1870. The number of fused-ring (bicyclic) bond motifs is 2. The summed E-state index contributed by atoms with van der Waals surface area (Å²) in [5, 5.41) is 0. The van der Waals surface area contributed by atoms with Crippen LogP contribution in [0.15, 0.2) is 83.9 Å². The molecule has 0 heterocycles. The zero-order valence-corrected chi connectivity index (χ0v) is 38.9. The molecule has 0 radical (unpaired) electrons. The van der Waals surface area contributed by atoms with Crippen LogP contribution in [0.25, 0.3) is 34.4 Å². The summed E-state index contributed by atoms with van der Waals surface area (Å²) in [5.41, 5.74) is 19.2. The Morgan fingerprint density at radius 2 is 0.865 bits per heavy atom. The molecule has 2 unspecified atom stereocenters. The maximum absolute atomic E-state index is 8.76. The normalized spacial score (nSPS) is 17.9. The predicted molar refractivity (Wildman–Crippen MR) is 233 cm³/mol. The fourth-order valence-corrected chi connectivity index (χ4v) is 41.0. The molecule has 4 aromatic carbocycles. The monoisotopic (exact) mass is 825 g/mol. The third-order valence-corrected chi connectivity index (χ3v) is 64.4.